The van der Waals surface area contributed by atoms with E-state index in [9.17, 15) is 4.79 Å². The maximum atomic E-state index is 11.8. The van der Waals surface area contributed by atoms with E-state index in [1.165, 1.54) is 0 Å². The van der Waals surface area contributed by atoms with Crippen molar-refractivity contribution >= 4 is 11.7 Å². The second-order valence-corrected chi connectivity index (χ2v) is 4.11. The number of methoxy groups -OCH3 is 1. The van der Waals surface area contributed by atoms with Crippen molar-refractivity contribution in [3.8, 4) is 0 Å². The molecule has 2 amide bonds. The number of ether oxygens (including phenoxy) is 1. The van der Waals surface area contributed by atoms with Gasteiger partial charge in [-0.1, -0.05) is 18.2 Å². The number of anilines is 1. The van der Waals surface area contributed by atoms with Crippen molar-refractivity contribution in [2.45, 2.75) is 12.8 Å². The average molecular weight is 234 g/mol. The molecule has 0 bridgehead atoms. The molecule has 1 aliphatic rings. The molecule has 17 heavy (non-hydrogen) atoms. The lowest BCUT2D eigenvalue weighted by Crippen LogP contribution is -2.46. The van der Waals surface area contributed by atoms with Gasteiger partial charge in [0.15, 0.2) is 0 Å². The van der Waals surface area contributed by atoms with Gasteiger partial charge in [0.05, 0.1) is 6.61 Å². The van der Waals surface area contributed by atoms with Gasteiger partial charge in [0, 0.05) is 25.9 Å². The lowest BCUT2D eigenvalue weighted by Gasteiger charge is -2.29. The topological polar surface area (TPSA) is 41.6 Å². The molecule has 4 heteroatoms. The summed E-state index contributed by atoms with van der Waals surface area (Å²) in [5.41, 5.74) is 2.16. The van der Waals surface area contributed by atoms with Crippen LogP contribution in [0.15, 0.2) is 24.3 Å². The molecule has 0 spiro atoms. The molecule has 0 aromatic heterocycles. The Morgan fingerprint density at radius 1 is 1.41 bits per heavy atom. The lowest BCUT2D eigenvalue weighted by atomic mass is 10.1. The van der Waals surface area contributed by atoms with Crippen molar-refractivity contribution in [2.75, 3.05) is 31.7 Å². The zero-order chi connectivity index (χ0) is 12.1. The molecule has 92 valence electrons. The fraction of sp³-hybridized carbons (Fsp3) is 0.462. The van der Waals surface area contributed by atoms with Crippen LogP contribution in [0.1, 0.15) is 12.0 Å². The summed E-state index contributed by atoms with van der Waals surface area (Å²) in [5.74, 6) is 0. The molecule has 1 heterocycles. The number of nitrogens with zero attached hydrogens (tertiary/aromatic N) is 1. The highest BCUT2D eigenvalue weighted by molar-refractivity contribution is 5.93. The van der Waals surface area contributed by atoms with Crippen molar-refractivity contribution in [1.82, 2.24) is 5.32 Å². The second kappa shape index (κ2) is 5.68. The van der Waals surface area contributed by atoms with Gasteiger partial charge in [-0.2, -0.15) is 0 Å². The van der Waals surface area contributed by atoms with Gasteiger partial charge in [-0.15, -0.1) is 0 Å². The van der Waals surface area contributed by atoms with Crippen LogP contribution < -0.4 is 10.2 Å². The normalized spacial score (nSPS) is 15.8. The van der Waals surface area contributed by atoms with E-state index in [1.54, 1.807) is 7.11 Å². The fourth-order valence-electron chi connectivity index (χ4n) is 2.06. The maximum absolute atomic E-state index is 11.8. The van der Waals surface area contributed by atoms with E-state index in [2.05, 4.69) is 11.4 Å². The summed E-state index contributed by atoms with van der Waals surface area (Å²) in [5, 5.41) is 2.87. The number of amides is 2. The van der Waals surface area contributed by atoms with Crippen molar-refractivity contribution in [2.24, 2.45) is 0 Å². The van der Waals surface area contributed by atoms with Crippen LogP contribution in [0.2, 0.25) is 0 Å². The van der Waals surface area contributed by atoms with Gasteiger partial charge in [-0.3, -0.25) is 4.90 Å². The Bertz CT molecular complexity index is 393. The first-order valence-electron chi connectivity index (χ1n) is 5.95. The van der Waals surface area contributed by atoms with Crippen LogP contribution in [0.3, 0.4) is 0 Å². The van der Waals surface area contributed by atoms with Gasteiger partial charge in [-0.05, 0) is 24.5 Å². The molecule has 1 aromatic rings. The van der Waals surface area contributed by atoms with Gasteiger partial charge < -0.3 is 10.1 Å². The summed E-state index contributed by atoms with van der Waals surface area (Å²) in [6.07, 6.45) is 1.82. The van der Waals surface area contributed by atoms with E-state index < -0.39 is 0 Å². The Balaban J connectivity index is 2.20. The first-order chi connectivity index (χ1) is 8.33. The highest BCUT2D eigenvalue weighted by Crippen LogP contribution is 2.22. The number of nitrogens with one attached hydrogen (secondary N) is 1. The maximum Gasteiger partial charge on any atom is 0.321 e. The molecule has 0 radical (unpaired) electrons. The summed E-state index contributed by atoms with van der Waals surface area (Å²) in [7, 11) is 1.69. The third-order valence-corrected chi connectivity index (χ3v) is 2.94. The van der Waals surface area contributed by atoms with Crippen molar-refractivity contribution < 1.29 is 9.53 Å². The predicted octanol–water partition coefficient (Wildman–Crippen LogP) is 1.80. The fourth-order valence-corrected chi connectivity index (χ4v) is 2.06. The molecule has 1 fully saturated rings. The number of carbonyl (C=O) groups is 1. The van der Waals surface area contributed by atoms with E-state index >= 15 is 0 Å². The quantitative estimate of drug-likeness (QED) is 0.863. The Hall–Kier alpha value is -1.55. The smallest absolute Gasteiger partial charge is 0.321 e. The lowest BCUT2D eigenvalue weighted by molar-refractivity contribution is 0.202. The van der Waals surface area contributed by atoms with Gasteiger partial charge in [0.25, 0.3) is 0 Å². The highest BCUT2D eigenvalue weighted by Gasteiger charge is 2.20. The molecule has 4 nitrogen and oxygen atoms in total. The van der Waals surface area contributed by atoms with E-state index in [-0.39, 0.29) is 6.03 Å². The predicted molar refractivity (Wildman–Crippen MR) is 67.4 cm³/mol. The van der Waals surface area contributed by atoms with Crippen molar-refractivity contribution in [3.63, 3.8) is 0 Å². The molecule has 1 saturated heterocycles. The molecule has 1 N–H and O–H groups in total. The second-order valence-electron chi connectivity index (χ2n) is 4.11. The number of hydrogen-bond donors (Lipinski definition) is 1. The largest absolute Gasteiger partial charge is 0.384 e. The number of benzene rings is 1. The van der Waals surface area contributed by atoms with E-state index in [1.807, 2.05) is 23.1 Å². The third-order valence-electron chi connectivity index (χ3n) is 2.94. The number of hydrogen-bond acceptors (Lipinski definition) is 2. The number of para-hydroxylation sites is 1. The molecule has 1 aromatic carbocycles. The Morgan fingerprint density at radius 3 is 3.00 bits per heavy atom. The van der Waals surface area contributed by atoms with Gasteiger partial charge in [0.2, 0.25) is 0 Å². The summed E-state index contributed by atoms with van der Waals surface area (Å²) in [6.45, 7) is 2.23. The molecule has 0 saturated carbocycles. The summed E-state index contributed by atoms with van der Waals surface area (Å²) in [4.78, 5) is 13.6. The number of rotatable bonds is 4. The highest BCUT2D eigenvalue weighted by atomic mass is 16.5. The van der Waals surface area contributed by atoms with E-state index in [0.29, 0.717) is 6.61 Å². The van der Waals surface area contributed by atoms with Crippen LogP contribution in [-0.4, -0.2) is 32.8 Å². The summed E-state index contributed by atoms with van der Waals surface area (Å²) in [6, 6.07) is 8.01. The summed E-state index contributed by atoms with van der Waals surface area (Å²) < 4.78 is 5.10. The summed E-state index contributed by atoms with van der Waals surface area (Å²) >= 11 is 0. The van der Waals surface area contributed by atoms with Gasteiger partial charge in [-0.25, -0.2) is 4.79 Å². The van der Waals surface area contributed by atoms with E-state index in [4.69, 9.17) is 4.74 Å². The minimum Gasteiger partial charge on any atom is -0.384 e. The zero-order valence-corrected chi connectivity index (χ0v) is 10.1. The number of carbonyl (C=O) groups excluding carboxylic acids is 1. The van der Waals surface area contributed by atoms with Crippen LogP contribution in [0, 0.1) is 0 Å². The van der Waals surface area contributed by atoms with Gasteiger partial charge >= 0.3 is 6.03 Å². The molecule has 1 aliphatic heterocycles. The minimum atomic E-state index is 0.00103. The van der Waals surface area contributed by atoms with Crippen LogP contribution in [0.25, 0.3) is 0 Å². The van der Waals surface area contributed by atoms with Crippen LogP contribution in [0.5, 0.6) is 0 Å². The number of urea groups is 1. The minimum absolute atomic E-state index is 0.00103. The van der Waals surface area contributed by atoms with Crippen LogP contribution in [0.4, 0.5) is 10.5 Å². The van der Waals surface area contributed by atoms with E-state index in [0.717, 1.165) is 37.2 Å². The standard InChI is InChI=1S/C13H18N2O2/c1-17-10-7-11-5-2-3-6-12(11)15-9-4-8-14-13(15)16/h2-3,5-6H,4,7-10H2,1H3,(H,14,16). The molecule has 0 atom stereocenters. The van der Waals surface area contributed by atoms with Crippen molar-refractivity contribution in [3.05, 3.63) is 29.8 Å². The molecule has 0 unspecified atom stereocenters. The van der Waals surface area contributed by atoms with Gasteiger partial charge in [0.1, 0.15) is 0 Å². The average Bonchev–Trinajstić information content (AvgIpc) is 2.37. The Morgan fingerprint density at radius 2 is 2.24 bits per heavy atom. The first-order valence-corrected chi connectivity index (χ1v) is 5.95. The Labute approximate surface area is 102 Å². The molecular weight excluding hydrogens is 216 g/mol. The Kier molecular flexibility index (Phi) is 3.98. The molecule has 0 aliphatic carbocycles. The van der Waals surface area contributed by atoms with Crippen LogP contribution in [-0.2, 0) is 11.2 Å². The monoisotopic (exact) mass is 234 g/mol. The zero-order valence-electron chi connectivity index (χ0n) is 10.1. The molecular formula is C13H18N2O2. The SMILES string of the molecule is COCCc1ccccc1N1CCCNC1=O. The van der Waals surface area contributed by atoms with Crippen LogP contribution >= 0.6 is 0 Å². The third kappa shape index (κ3) is 2.77. The molecule has 2 rings (SSSR count). The van der Waals surface area contributed by atoms with Crippen molar-refractivity contribution in [1.29, 1.82) is 0 Å². The first kappa shape index (κ1) is 11.9.